The molecule has 0 aliphatic rings. The van der Waals surface area contributed by atoms with Gasteiger partial charge in [0.15, 0.2) is 4.80 Å². The summed E-state index contributed by atoms with van der Waals surface area (Å²) in [6.45, 7) is 2.55. The van der Waals surface area contributed by atoms with Crippen LogP contribution in [0.4, 0.5) is 0 Å². The Labute approximate surface area is 151 Å². The Morgan fingerprint density at radius 2 is 2.29 bits per heavy atom. The Hall–Kier alpha value is -1.96. The second-order valence-corrected chi connectivity index (χ2v) is 7.36. The van der Waals surface area contributed by atoms with Gasteiger partial charge in [0, 0.05) is 21.5 Å². The van der Waals surface area contributed by atoms with Crippen molar-refractivity contribution in [2.75, 3.05) is 7.11 Å². The number of halogens is 1. The van der Waals surface area contributed by atoms with Crippen molar-refractivity contribution >= 4 is 40.2 Å². The Morgan fingerprint density at radius 3 is 3.00 bits per heavy atom. The molecule has 0 saturated heterocycles. The first kappa shape index (κ1) is 16.9. The fourth-order valence-electron chi connectivity index (χ4n) is 2.19. The Morgan fingerprint density at radius 1 is 1.46 bits per heavy atom. The summed E-state index contributed by atoms with van der Waals surface area (Å²) < 4.78 is 7.15. The van der Waals surface area contributed by atoms with Crippen LogP contribution in [0.3, 0.4) is 0 Å². The van der Waals surface area contributed by atoms with E-state index in [1.807, 2.05) is 23.1 Å². The third kappa shape index (κ3) is 3.75. The number of nitrogens with zero attached hydrogens (tertiary/aromatic N) is 3. The first-order valence-electron chi connectivity index (χ1n) is 7.03. The minimum Gasteiger partial charge on any atom is -0.496 e. The fourth-order valence-corrected chi connectivity index (χ4v) is 3.74. The molecule has 2 heterocycles. The largest absolute Gasteiger partial charge is 0.496 e. The predicted octanol–water partition coefficient (Wildman–Crippen LogP) is 3.77. The van der Waals surface area contributed by atoms with E-state index in [4.69, 9.17) is 16.3 Å². The van der Waals surface area contributed by atoms with Gasteiger partial charge in [-0.3, -0.25) is 4.79 Å². The van der Waals surface area contributed by atoms with Crippen LogP contribution in [0.5, 0.6) is 5.75 Å². The maximum Gasteiger partial charge on any atom is 0.283 e. The van der Waals surface area contributed by atoms with Crippen LogP contribution in [0.25, 0.3) is 0 Å². The van der Waals surface area contributed by atoms with Gasteiger partial charge < -0.3 is 9.30 Å². The number of benzene rings is 1. The summed E-state index contributed by atoms with van der Waals surface area (Å²) in [6, 6.07) is 4.90. The van der Waals surface area contributed by atoms with Gasteiger partial charge in [-0.1, -0.05) is 11.6 Å². The summed E-state index contributed by atoms with van der Waals surface area (Å²) in [6.07, 6.45) is 1.96. The molecule has 2 aromatic heterocycles. The lowest BCUT2D eigenvalue weighted by molar-refractivity contribution is 0.0995. The third-order valence-corrected chi connectivity index (χ3v) is 5.05. The number of aryl methyl sites for hydroxylation is 1. The van der Waals surface area contributed by atoms with Crippen LogP contribution in [0.15, 0.2) is 40.3 Å². The van der Waals surface area contributed by atoms with E-state index in [9.17, 15) is 4.79 Å². The van der Waals surface area contributed by atoms with Gasteiger partial charge in [-0.2, -0.15) is 4.99 Å². The average molecular weight is 380 g/mol. The van der Waals surface area contributed by atoms with Crippen LogP contribution < -0.4 is 9.54 Å². The molecule has 1 amide bonds. The molecule has 0 spiro atoms. The number of rotatable bonds is 4. The van der Waals surface area contributed by atoms with E-state index in [0.29, 0.717) is 27.7 Å². The van der Waals surface area contributed by atoms with E-state index < -0.39 is 0 Å². The molecule has 0 N–H and O–H groups in total. The van der Waals surface area contributed by atoms with Crippen molar-refractivity contribution in [1.82, 2.24) is 9.55 Å². The summed E-state index contributed by atoms with van der Waals surface area (Å²) in [5, 5.41) is 2.44. The van der Waals surface area contributed by atoms with Crippen LogP contribution in [0.1, 0.15) is 20.9 Å². The lowest BCUT2D eigenvalue weighted by Gasteiger charge is -2.05. The smallest absolute Gasteiger partial charge is 0.283 e. The Kier molecular flexibility index (Phi) is 5.13. The van der Waals surface area contributed by atoms with Gasteiger partial charge in [0.25, 0.3) is 5.91 Å². The van der Waals surface area contributed by atoms with Crippen molar-refractivity contribution in [3.8, 4) is 5.75 Å². The molecule has 3 rings (SSSR count). The molecule has 3 aromatic rings. The van der Waals surface area contributed by atoms with E-state index in [0.717, 1.165) is 10.6 Å². The van der Waals surface area contributed by atoms with Gasteiger partial charge in [-0.25, -0.2) is 4.98 Å². The molecule has 0 radical (unpaired) electrons. The normalized spacial score (nSPS) is 11.7. The summed E-state index contributed by atoms with van der Waals surface area (Å²) in [4.78, 5) is 22.8. The second kappa shape index (κ2) is 7.29. The quantitative estimate of drug-likeness (QED) is 0.693. The zero-order valence-electron chi connectivity index (χ0n) is 13.0. The molecule has 0 saturated carbocycles. The van der Waals surface area contributed by atoms with Crippen molar-refractivity contribution in [1.29, 1.82) is 0 Å². The molecule has 0 unspecified atom stereocenters. The number of ether oxygens (including phenoxy) is 1. The van der Waals surface area contributed by atoms with Crippen LogP contribution >= 0.6 is 34.3 Å². The summed E-state index contributed by atoms with van der Waals surface area (Å²) in [7, 11) is 1.51. The average Bonchev–Trinajstić information content (AvgIpc) is 3.18. The molecule has 5 nitrogen and oxygen atoms in total. The minimum absolute atomic E-state index is 0.344. The van der Waals surface area contributed by atoms with Crippen molar-refractivity contribution < 1.29 is 9.53 Å². The number of hydrogen-bond donors (Lipinski definition) is 0. The summed E-state index contributed by atoms with van der Waals surface area (Å²) >= 11 is 8.99. The number of aromatic nitrogens is 2. The number of methoxy groups -OCH3 is 1. The van der Waals surface area contributed by atoms with Crippen LogP contribution in [0.2, 0.25) is 5.02 Å². The number of carbonyl (C=O) groups excluding carboxylic acids is 1. The van der Waals surface area contributed by atoms with Gasteiger partial charge in [-0.15, -0.1) is 22.7 Å². The third-order valence-electron chi connectivity index (χ3n) is 3.24. The standard InChI is InChI=1S/C16H14ClN3O2S2/c1-10-6-20(7-12-8-23-9-18-12)16(24-10)19-15(21)13-5-11(17)3-4-14(13)22-2/h3-6,8-9H,7H2,1-2H3. The van der Waals surface area contributed by atoms with Crippen molar-refractivity contribution in [2.45, 2.75) is 13.5 Å². The van der Waals surface area contributed by atoms with E-state index in [-0.39, 0.29) is 5.91 Å². The summed E-state index contributed by atoms with van der Waals surface area (Å²) in [5.41, 5.74) is 3.07. The highest BCUT2D eigenvalue weighted by atomic mass is 35.5. The molecule has 0 aliphatic heterocycles. The highest BCUT2D eigenvalue weighted by Gasteiger charge is 2.13. The Balaban J connectivity index is 1.99. The molecular formula is C16H14ClN3O2S2. The van der Waals surface area contributed by atoms with Crippen LogP contribution in [-0.4, -0.2) is 22.6 Å². The van der Waals surface area contributed by atoms with Crippen molar-refractivity contribution in [2.24, 2.45) is 4.99 Å². The molecule has 0 fully saturated rings. The number of amides is 1. The molecule has 24 heavy (non-hydrogen) atoms. The van der Waals surface area contributed by atoms with Gasteiger partial charge in [0.2, 0.25) is 0 Å². The molecule has 0 atom stereocenters. The Bertz CT molecular complexity index is 929. The van der Waals surface area contributed by atoms with E-state index in [2.05, 4.69) is 9.98 Å². The fraction of sp³-hybridized carbons (Fsp3) is 0.188. The topological polar surface area (TPSA) is 56.5 Å². The molecule has 0 aliphatic carbocycles. The molecule has 124 valence electrons. The minimum atomic E-state index is -0.386. The highest BCUT2D eigenvalue weighted by Crippen LogP contribution is 2.23. The van der Waals surface area contributed by atoms with E-state index >= 15 is 0 Å². The van der Waals surface area contributed by atoms with Gasteiger partial charge >= 0.3 is 0 Å². The zero-order chi connectivity index (χ0) is 17.1. The number of hydrogen-bond acceptors (Lipinski definition) is 5. The lowest BCUT2D eigenvalue weighted by atomic mass is 10.2. The van der Waals surface area contributed by atoms with Crippen molar-refractivity contribution in [3.63, 3.8) is 0 Å². The SMILES string of the molecule is COc1ccc(Cl)cc1C(=O)N=c1sc(C)cn1Cc1cscn1. The maximum absolute atomic E-state index is 12.6. The highest BCUT2D eigenvalue weighted by molar-refractivity contribution is 7.09. The van der Waals surface area contributed by atoms with E-state index in [1.54, 1.807) is 23.7 Å². The van der Waals surface area contributed by atoms with Gasteiger partial charge in [0.05, 0.1) is 30.4 Å². The number of carbonyl (C=O) groups is 1. The van der Waals surface area contributed by atoms with Crippen LogP contribution in [0, 0.1) is 6.92 Å². The molecular weight excluding hydrogens is 366 g/mol. The lowest BCUT2D eigenvalue weighted by Crippen LogP contribution is -2.17. The molecule has 1 aromatic carbocycles. The van der Waals surface area contributed by atoms with Gasteiger partial charge in [-0.05, 0) is 25.1 Å². The molecule has 8 heteroatoms. The van der Waals surface area contributed by atoms with Crippen LogP contribution in [-0.2, 0) is 6.54 Å². The first-order valence-corrected chi connectivity index (χ1v) is 9.17. The zero-order valence-corrected chi connectivity index (χ0v) is 15.4. The first-order chi connectivity index (χ1) is 11.6. The number of thiazole rings is 2. The predicted molar refractivity (Wildman–Crippen MR) is 96.2 cm³/mol. The second-order valence-electron chi connectivity index (χ2n) is 4.99. The van der Waals surface area contributed by atoms with E-state index in [1.165, 1.54) is 29.8 Å². The monoisotopic (exact) mass is 379 g/mol. The maximum atomic E-state index is 12.6. The van der Waals surface area contributed by atoms with Crippen molar-refractivity contribution in [3.05, 3.63) is 61.2 Å². The molecule has 0 bridgehead atoms. The van der Waals surface area contributed by atoms with Gasteiger partial charge in [0.1, 0.15) is 5.75 Å². The summed E-state index contributed by atoms with van der Waals surface area (Å²) in [5.74, 6) is 0.0655.